The Hall–Kier alpha value is -0.223. The van der Waals surface area contributed by atoms with Gasteiger partial charge in [-0.15, -0.1) is 0 Å². The maximum Gasteiger partial charge on any atom is 0.171 e. The summed E-state index contributed by atoms with van der Waals surface area (Å²) < 4.78 is 9.40. The first kappa shape index (κ1) is 10.7. The molecule has 0 aromatic heterocycles. The average Bonchev–Trinajstić information content (AvgIpc) is 1.27. The zero-order valence-electron chi connectivity index (χ0n) is 5.76. The van der Waals surface area contributed by atoms with E-state index in [1.807, 2.05) is 0 Å². The quantitative estimate of drug-likeness (QED) is 0.303. The zero-order chi connectivity index (χ0) is 7.21. The van der Waals surface area contributed by atoms with Gasteiger partial charge in [-0.05, 0) is 0 Å². The largest absolute Gasteiger partial charge is 0.585 e. The third-order valence-electron chi connectivity index (χ3n) is 0. The van der Waals surface area contributed by atoms with Gasteiger partial charge in [-0.3, -0.25) is 0 Å². The molecule has 4 heteroatoms. The number of hydrogen-bond donors (Lipinski definition) is 0. The fourth-order valence-electron chi connectivity index (χ4n) is 0. The predicted molar refractivity (Wildman–Crippen MR) is 30.4 cm³/mol. The van der Waals surface area contributed by atoms with Crippen LogP contribution in [-0.2, 0) is 4.46 Å². The second-order valence-corrected chi connectivity index (χ2v) is 2.93. The first-order chi connectivity index (χ1) is 3.41. The van der Waals surface area contributed by atoms with E-state index in [0.717, 1.165) is 4.48 Å². The molecule has 0 aromatic rings. The van der Waals surface area contributed by atoms with Crippen LogP contribution in [0.4, 0.5) is 0 Å². The van der Waals surface area contributed by atoms with Gasteiger partial charge in [0, 0.05) is 0 Å². The molecule has 0 heterocycles. The van der Waals surface area contributed by atoms with Crippen LogP contribution in [0, 0.1) is 0 Å². The molecule has 0 saturated heterocycles. The maximum absolute atomic E-state index is 8.40. The molecule has 0 spiro atoms. The van der Waals surface area contributed by atoms with Gasteiger partial charge in [0.2, 0.25) is 0 Å². The summed E-state index contributed by atoms with van der Waals surface area (Å²) in [5.41, 5.74) is 0. The van der Waals surface area contributed by atoms with E-state index in [2.05, 4.69) is 28.2 Å². The van der Waals surface area contributed by atoms with E-state index >= 15 is 0 Å². The van der Waals surface area contributed by atoms with Crippen LogP contribution < -0.4 is 4.80 Å². The van der Waals surface area contributed by atoms with Crippen LogP contribution in [-0.4, -0.2) is 42.3 Å². The number of nitrogens with zero attached hydrogens (tertiary/aromatic N) is 1. The molecule has 3 nitrogen and oxygen atoms in total. The van der Waals surface area contributed by atoms with Crippen molar-refractivity contribution in [3.8, 4) is 0 Å². The lowest BCUT2D eigenvalue weighted by molar-refractivity contribution is -0.849. The lowest BCUT2D eigenvalue weighted by Gasteiger charge is -2.14. The van der Waals surface area contributed by atoms with Crippen molar-refractivity contribution >= 4 is 9.65 Å². The molecule has 0 fully saturated rings. The predicted octanol–water partition coefficient (Wildman–Crippen LogP) is -1.37. The van der Waals surface area contributed by atoms with Crippen LogP contribution in [0.3, 0.4) is 0 Å². The standard InChI is InChI=1S/C4H12N.O2Si/c1-5(2,3)4;1-3-2/h1-4H3;/q+1;-1. The molecule has 1 radical (unpaired) electrons. The van der Waals surface area contributed by atoms with Crippen LogP contribution in [0.2, 0.25) is 0 Å². The average molecular weight is 134 g/mol. The summed E-state index contributed by atoms with van der Waals surface area (Å²) >= 11 is 0. The molecule has 0 aliphatic carbocycles. The normalized spacial score (nSPS) is 9.00. The second-order valence-electron chi connectivity index (χ2n) is 2.77. The topological polar surface area (TPSA) is 40.1 Å². The number of quaternary nitrogens is 1. The Labute approximate surface area is 52.5 Å². The summed E-state index contributed by atoms with van der Waals surface area (Å²) in [6, 6.07) is 0. The molecule has 0 bridgehead atoms. The van der Waals surface area contributed by atoms with E-state index in [4.69, 9.17) is 9.26 Å². The molecule has 0 atom stereocenters. The van der Waals surface area contributed by atoms with Gasteiger partial charge in [0.25, 0.3) is 0 Å². The highest BCUT2D eigenvalue weighted by Gasteiger charge is 1.88. The van der Waals surface area contributed by atoms with Crippen molar-refractivity contribution in [1.82, 2.24) is 0 Å². The molecule has 8 heavy (non-hydrogen) atoms. The van der Waals surface area contributed by atoms with Crippen molar-refractivity contribution in [2.24, 2.45) is 0 Å². The monoisotopic (exact) mass is 134 g/mol. The van der Waals surface area contributed by atoms with Gasteiger partial charge in [-0.25, -0.2) is 0 Å². The molecule has 0 amide bonds. The van der Waals surface area contributed by atoms with Crippen molar-refractivity contribution in [3.05, 3.63) is 0 Å². The van der Waals surface area contributed by atoms with Gasteiger partial charge >= 0.3 is 0 Å². The fraction of sp³-hybridized carbons (Fsp3) is 1.00. The second kappa shape index (κ2) is 4.92. The molecule has 0 aliphatic heterocycles. The van der Waals surface area contributed by atoms with Gasteiger partial charge < -0.3 is 13.7 Å². The number of hydrogen-bond acceptors (Lipinski definition) is 2. The van der Waals surface area contributed by atoms with Gasteiger partial charge in [-0.1, -0.05) is 0 Å². The summed E-state index contributed by atoms with van der Waals surface area (Å²) in [5, 5.41) is 0. The minimum Gasteiger partial charge on any atom is -0.585 e. The Morgan fingerprint density at radius 1 is 1.25 bits per heavy atom. The highest BCUT2D eigenvalue weighted by Crippen LogP contribution is 1.73. The molecule has 0 saturated carbocycles. The Morgan fingerprint density at radius 2 is 1.25 bits per heavy atom. The first-order valence-electron chi connectivity index (χ1n) is 2.20. The Bertz CT molecular complexity index is 53.5. The molecule has 0 N–H and O–H groups in total. The smallest absolute Gasteiger partial charge is 0.171 e. The summed E-state index contributed by atoms with van der Waals surface area (Å²) in [7, 11) is 7.08. The van der Waals surface area contributed by atoms with Crippen LogP contribution in [0.15, 0.2) is 0 Å². The van der Waals surface area contributed by atoms with E-state index in [0.29, 0.717) is 0 Å². The maximum atomic E-state index is 8.40. The van der Waals surface area contributed by atoms with E-state index < -0.39 is 9.65 Å². The molecule has 0 unspecified atom stereocenters. The number of rotatable bonds is 0. The third-order valence-corrected chi connectivity index (χ3v) is 0. The van der Waals surface area contributed by atoms with Crippen LogP contribution >= 0.6 is 0 Å². The zero-order valence-corrected chi connectivity index (χ0v) is 6.76. The van der Waals surface area contributed by atoms with E-state index in [-0.39, 0.29) is 0 Å². The van der Waals surface area contributed by atoms with E-state index in [1.165, 1.54) is 0 Å². The minimum atomic E-state index is -1.42. The van der Waals surface area contributed by atoms with Crippen LogP contribution in [0.1, 0.15) is 0 Å². The Kier molecular flexibility index (Phi) is 6.59. The summed E-state index contributed by atoms with van der Waals surface area (Å²) in [6.07, 6.45) is 0. The Balaban J connectivity index is 0. The van der Waals surface area contributed by atoms with Gasteiger partial charge in [-0.2, -0.15) is 0 Å². The Morgan fingerprint density at radius 3 is 1.25 bits per heavy atom. The third kappa shape index (κ3) is 2650. The summed E-state index contributed by atoms with van der Waals surface area (Å²) in [5.74, 6) is 0. The van der Waals surface area contributed by atoms with Crippen molar-refractivity contribution in [3.63, 3.8) is 0 Å². The van der Waals surface area contributed by atoms with E-state index in [9.17, 15) is 0 Å². The van der Waals surface area contributed by atoms with Crippen LogP contribution in [0.25, 0.3) is 0 Å². The molecule has 49 valence electrons. The van der Waals surface area contributed by atoms with Crippen molar-refractivity contribution in [2.45, 2.75) is 0 Å². The van der Waals surface area contributed by atoms with Gasteiger partial charge in [0.1, 0.15) is 0 Å². The molecule has 0 aromatic carbocycles. The summed E-state index contributed by atoms with van der Waals surface area (Å²) in [6.45, 7) is 0. The highest BCUT2D eigenvalue weighted by molar-refractivity contribution is 6.01. The van der Waals surface area contributed by atoms with Gasteiger partial charge in [0.15, 0.2) is 9.65 Å². The van der Waals surface area contributed by atoms with Gasteiger partial charge in [0.05, 0.1) is 28.2 Å². The van der Waals surface area contributed by atoms with Crippen molar-refractivity contribution < 1.29 is 13.7 Å². The lowest BCUT2D eigenvalue weighted by atomic mass is 10.8. The van der Waals surface area contributed by atoms with E-state index in [1.54, 1.807) is 0 Å². The molecular weight excluding hydrogens is 122 g/mol. The van der Waals surface area contributed by atoms with Crippen molar-refractivity contribution in [2.75, 3.05) is 28.2 Å². The van der Waals surface area contributed by atoms with Crippen LogP contribution in [0.5, 0.6) is 0 Å². The van der Waals surface area contributed by atoms with Crippen molar-refractivity contribution in [1.29, 1.82) is 0 Å². The molecule has 0 rings (SSSR count). The first-order valence-corrected chi connectivity index (χ1v) is 3.01. The fourth-order valence-corrected chi connectivity index (χ4v) is 0. The minimum absolute atomic E-state index is 1.00. The SMILES string of the molecule is C[N+](C)(C)C.O=[Si][O-]. The highest BCUT2D eigenvalue weighted by atomic mass is 28.2. The molecular formula is C4H12NO2Si. The summed E-state index contributed by atoms with van der Waals surface area (Å²) in [4.78, 5) is 8.40. The lowest BCUT2D eigenvalue weighted by Crippen LogP contribution is -2.27. The molecule has 0 aliphatic rings.